The molecular weight excluding hydrogens is 483 g/mol. The maximum Gasteiger partial charge on any atom is 0.412 e. The van der Waals surface area contributed by atoms with Gasteiger partial charge in [0.05, 0.1) is 17.2 Å². The molecule has 5 rings (SSSR count). The van der Waals surface area contributed by atoms with Crippen LogP contribution >= 0.6 is 0 Å². The number of likely N-dealkylation sites (tertiary alicyclic amines) is 1. The molecule has 37 heavy (non-hydrogen) atoms. The first-order valence-electron chi connectivity index (χ1n) is 12.5. The summed E-state index contributed by atoms with van der Waals surface area (Å²) in [6.07, 6.45) is 2.99. The lowest BCUT2D eigenvalue weighted by atomic mass is 9.81. The van der Waals surface area contributed by atoms with Crippen LogP contribution in [0.4, 0.5) is 13.2 Å². The number of nitrogens with one attached hydrogen (secondary N) is 1. The van der Waals surface area contributed by atoms with E-state index >= 15 is 0 Å². The van der Waals surface area contributed by atoms with Crippen molar-refractivity contribution in [2.75, 3.05) is 19.6 Å². The number of aromatic carboxylic acids is 1. The van der Waals surface area contributed by atoms with Crippen molar-refractivity contribution in [2.24, 2.45) is 5.92 Å². The monoisotopic (exact) mass is 513 g/mol. The summed E-state index contributed by atoms with van der Waals surface area (Å²) in [5.41, 5.74) is 6.02. The number of halogens is 3. The van der Waals surface area contributed by atoms with E-state index in [4.69, 9.17) is 9.94 Å². The van der Waals surface area contributed by atoms with Crippen molar-refractivity contribution in [1.29, 1.82) is 0 Å². The molecule has 0 radical (unpaired) electrons. The summed E-state index contributed by atoms with van der Waals surface area (Å²) in [4.78, 5) is 23.6. The van der Waals surface area contributed by atoms with Gasteiger partial charge < -0.3 is 5.11 Å². The number of rotatable bonds is 5. The fourth-order valence-corrected chi connectivity index (χ4v) is 5.67. The predicted octanol–water partition coefficient (Wildman–Crippen LogP) is 5.56. The number of allylic oxidation sites excluding steroid dienone is 2. The van der Waals surface area contributed by atoms with E-state index in [9.17, 15) is 18.0 Å². The number of hydroxylamine groups is 1. The molecule has 1 aromatic carbocycles. The summed E-state index contributed by atoms with van der Waals surface area (Å²) in [6.45, 7) is 3.50. The Kier molecular flexibility index (Phi) is 6.95. The molecule has 1 aliphatic carbocycles. The minimum atomic E-state index is -4.35. The van der Waals surface area contributed by atoms with E-state index in [-0.39, 0.29) is 17.2 Å². The molecule has 3 heterocycles. The molecule has 2 fully saturated rings. The van der Waals surface area contributed by atoms with Gasteiger partial charge >= 0.3 is 12.1 Å². The molecule has 2 saturated heterocycles. The smallest absolute Gasteiger partial charge is 0.412 e. The molecule has 2 aliphatic heterocycles. The minimum Gasteiger partial charge on any atom is -0.478 e. The number of benzene rings is 1. The molecule has 9 heteroatoms. The molecule has 2 unspecified atom stereocenters. The van der Waals surface area contributed by atoms with Gasteiger partial charge in [-0.05, 0) is 71.7 Å². The molecule has 0 saturated carbocycles. The van der Waals surface area contributed by atoms with E-state index in [1.165, 1.54) is 6.08 Å². The SMILES string of the molecule is CC1CC(c2cccnc2)=C(CN2CCC3(CC2)CC(c2ccc(C(=O)O)cc2)NO3)C=C1C(F)(F)F. The summed E-state index contributed by atoms with van der Waals surface area (Å²) in [6, 6.07) is 10.5. The molecular formula is C28H30F3N3O3. The maximum absolute atomic E-state index is 13.7. The van der Waals surface area contributed by atoms with E-state index < -0.39 is 23.6 Å². The van der Waals surface area contributed by atoms with Gasteiger partial charge in [-0.15, -0.1) is 0 Å². The molecule has 2 atom stereocenters. The van der Waals surface area contributed by atoms with Crippen molar-refractivity contribution >= 4 is 11.5 Å². The Balaban J connectivity index is 1.28. The van der Waals surface area contributed by atoms with Crippen molar-refractivity contribution in [1.82, 2.24) is 15.4 Å². The Morgan fingerprint density at radius 3 is 2.57 bits per heavy atom. The summed E-state index contributed by atoms with van der Waals surface area (Å²) in [5.74, 6) is -1.57. The van der Waals surface area contributed by atoms with Crippen LogP contribution in [0, 0.1) is 5.92 Å². The largest absolute Gasteiger partial charge is 0.478 e. The quantitative estimate of drug-likeness (QED) is 0.545. The normalized spacial score (nSPS) is 24.4. The molecule has 0 bridgehead atoms. The number of carboxylic acids is 1. The Labute approximate surface area is 213 Å². The van der Waals surface area contributed by atoms with Crippen molar-refractivity contribution in [3.63, 3.8) is 0 Å². The van der Waals surface area contributed by atoms with Gasteiger partial charge in [-0.2, -0.15) is 18.7 Å². The zero-order chi connectivity index (χ0) is 26.2. The Morgan fingerprint density at radius 1 is 1.22 bits per heavy atom. The second kappa shape index (κ2) is 10.0. The standard InChI is InChI=1S/C28H30F3N3O3/c1-18-13-23(21-3-2-10-32-16-21)22(14-24(18)28(29,30)31)17-34-11-8-27(9-12-34)15-25(33-37-27)19-4-6-20(7-5-19)26(35)36/h2-7,10,14,16,18,25,33H,8-9,11-13,15,17H2,1H3,(H,35,36). The van der Waals surface area contributed by atoms with Gasteiger partial charge in [0.15, 0.2) is 0 Å². The zero-order valence-corrected chi connectivity index (χ0v) is 20.6. The van der Waals surface area contributed by atoms with Crippen LogP contribution in [-0.2, 0) is 4.84 Å². The van der Waals surface area contributed by atoms with Crippen molar-refractivity contribution in [3.05, 3.63) is 82.7 Å². The average molecular weight is 514 g/mol. The van der Waals surface area contributed by atoms with Crippen LogP contribution in [0.25, 0.3) is 5.57 Å². The summed E-state index contributed by atoms with van der Waals surface area (Å²) < 4.78 is 41.2. The van der Waals surface area contributed by atoms with Crippen LogP contribution in [0.2, 0.25) is 0 Å². The van der Waals surface area contributed by atoms with Crippen LogP contribution in [0.5, 0.6) is 0 Å². The summed E-state index contributed by atoms with van der Waals surface area (Å²) in [7, 11) is 0. The number of hydrogen-bond donors (Lipinski definition) is 2. The van der Waals surface area contributed by atoms with Gasteiger partial charge in [0, 0.05) is 44.0 Å². The van der Waals surface area contributed by atoms with E-state index in [2.05, 4.69) is 15.4 Å². The van der Waals surface area contributed by atoms with E-state index in [0.717, 1.165) is 36.0 Å². The zero-order valence-electron chi connectivity index (χ0n) is 20.6. The molecule has 2 N–H and O–H groups in total. The maximum atomic E-state index is 13.7. The number of piperidine rings is 1. The van der Waals surface area contributed by atoms with Crippen LogP contribution in [-0.4, -0.2) is 52.4 Å². The molecule has 0 amide bonds. The number of nitrogens with zero attached hydrogens (tertiary/aromatic N) is 2. The predicted molar refractivity (Wildman–Crippen MR) is 132 cm³/mol. The lowest BCUT2D eigenvalue weighted by molar-refractivity contribution is -0.0984. The third-order valence-electron chi connectivity index (χ3n) is 7.81. The van der Waals surface area contributed by atoms with Crippen molar-refractivity contribution in [3.8, 4) is 0 Å². The fourth-order valence-electron chi connectivity index (χ4n) is 5.67. The van der Waals surface area contributed by atoms with Crippen molar-refractivity contribution in [2.45, 2.75) is 50.4 Å². The average Bonchev–Trinajstić information content (AvgIpc) is 3.30. The Bertz CT molecular complexity index is 1200. The van der Waals surface area contributed by atoms with Gasteiger partial charge in [-0.25, -0.2) is 4.79 Å². The first-order valence-corrected chi connectivity index (χ1v) is 12.5. The topological polar surface area (TPSA) is 74.7 Å². The number of carboxylic acid groups (broad SMARTS) is 1. The number of carbonyl (C=O) groups is 1. The number of hydrogen-bond acceptors (Lipinski definition) is 5. The summed E-state index contributed by atoms with van der Waals surface area (Å²) >= 11 is 0. The van der Waals surface area contributed by atoms with Crippen LogP contribution in [0.15, 0.2) is 66.0 Å². The highest BCUT2D eigenvalue weighted by atomic mass is 19.4. The third-order valence-corrected chi connectivity index (χ3v) is 7.81. The summed E-state index contributed by atoms with van der Waals surface area (Å²) in [5, 5.41) is 9.12. The Hall–Kier alpha value is -3.01. The van der Waals surface area contributed by atoms with E-state index in [1.807, 2.05) is 12.1 Å². The number of pyridine rings is 1. The first-order chi connectivity index (χ1) is 17.6. The third kappa shape index (κ3) is 5.49. The van der Waals surface area contributed by atoms with E-state index in [1.54, 1.807) is 43.6 Å². The highest BCUT2D eigenvalue weighted by molar-refractivity contribution is 5.87. The van der Waals surface area contributed by atoms with Gasteiger partial charge in [0.25, 0.3) is 0 Å². The van der Waals surface area contributed by atoms with Gasteiger partial charge in [-0.1, -0.05) is 25.1 Å². The molecule has 2 aromatic rings. The van der Waals surface area contributed by atoms with Gasteiger partial charge in [0.1, 0.15) is 0 Å². The Morgan fingerprint density at radius 2 is 1.95 bits per heavy atom. The highest BCUT2D eigenvalue weighted by Gasteiger charge is 2.44. The lowest BCUT2D eigenvalue weighted by Gasteiger charge is -2.38. The fraction of sp³-hybridized carbons (Fsp3) is 0.429. The number of aromatic nitrogens is 1. The highest BCUT2D eigenvalue weighted by Crippen LogP contribution is 2.43. The number of alkyl halides is 3. The molecule has 6 nitrogen and oxygen atoms in total. The van der Waals surface area contributed by atoms with Gasteiger partial charge in [-0.3, -0.25) is 14.7 Å². The van der Waals surface area contributed by atoms with Crippen LogP contribution < -0.4 is 5.48 Å². The second-order valence-corrected chi connectivity index (χ2v) is 10.3. The minimum absolute atomic E-state index is 0.0357. The van der Waals surface area contributed by atoms with E-state index in [0.29, 0.717) is 31.6 Å². The molecule has 1 spiro atoms. The first kappa shape index (κ1) is 25.6. The lowest BCUT2D eigenvalue weighted by Crippen LogP contribution is -2.45. The molecule has 196 valence electrons. The van der Waals surface area contributed by atoms with Crippen LogP contribution in [0.1, 0.15) is 60.1 Å². The van der Waals surface area contributed by atoms with Gasteiger partial charge in [0.2, 0.25) is 0 Å². The van der Waals surface area contributed by atoms with Crippen molar-refractivity contribution < 1.29 is 27.9 Å². The molecule has 3 aliphatic rings. The molecule has 1 aromatic heterocycles. The van der Waals surface area contributed by atoms with Crippen LogP contribution in [0.3, 0.4) is 0 Å². The second-order valence-electron chi connectivity index (χ2n) is 10.3.